The summed E-state index contributed by atoms with van der Waals surface area (Å²) in [5.74, 6) is 1.82. The molecule has 1 nitrogen and oxygen atoms in total. The summed E-state index contributed by atoms with van der Waals surface area (Å²) in [6, 6.07) is 9.99. The lowest BCUT2D eigenvalue weighted by atomic mass is 9.59. The zero-order chi connectivity index (χ0) is 13.0. The van der Waals surface area contributed by atoms with E-state index in [4.69, 9.17) is 0 Å². The highest BCUT2D eigenvalue weighted by molar-refractivity contribution is 5.85. The van der Waals surface area contributed by atoms with E-state index in [0.717, 1.165) is 17.9 Å². The van der Waals surface area contributed by atoms with Crippen LogP contribution in [0.3, 0.4) is 0 Å². The standard InChI is InChI=1S/C18H25N.ClH/c1-13-17-11-15-5-3-4-6-16(15)18(13,2)9-10-19(17)12-14-7-8-14;/h3-6,13-14,17H,7-12H2,1-2H3;1H/t13-,17+,18?;/m0./s1. The maximum Gasteiger partial charge on any atom is 0.0170 e. The maximum absolute atomic E-state index is 2.82. The first kappa shape index (κ1) is 14.4. The minimum atomic E-state index is 0. The number of hydrogen-bond donors (Lipinski definition) is 0. The van der Waals surface area contributed by atoms with E-state index in [1.165, 1.54) is 38.8 Å². The Morgan fingerprint density at radius 2 is 2.00 bits per heavy atom. The highest BCUT2D eigenvalue weighted by Gasteiger charge is 2.48. The van der Waals surface area contributed by atoms with Crippen LogP contribution in [0.1, 0.15) is 44.2 Å². The van der Waals surface area contributed by atoms with Crippen molar-refractivity contribution in [2.75, 3.05) is 13.1 Å². The van der Waals surface area contributed by atoms with Gasteiger partial charge in [0.1, 0.15) is 0 Å². The van der Waals surface area contributed by atoms with Gasteiger partial charge in [-0.2, -0.15) is 0 Å². The number of piperidine rings is 1. The molecule has 1 saturated heterocycles. The molecular formula is C18H26ClN. The third-order valence-corrected chi connectivity index (χ3v) is 6.22. The van der Waals surface area contributed by atoms with E-state index in [9.17, 15) is 0 Å². The first-order valence-corrected chi connectivity index (χ1v) is 8.01. The minimum absolute atomic E-state index is 0. The van der Waals surface area contributed by atoms with Crippen molar-refractivity contribution in [3.05, 3.63) is 35.4 Å². The molecule has 0 amide bonds. The lowest BCUT2D eigenvalue weighted by Crippen LogP contribution is -2.58. The predicted octanol–water partition coefficient (Wildman–Crippen LogP) is 4.04. The molecule has 4 rings (SSSR count). The molecule has 0 N–H and O–H groups in total. The molecule has 1 heterocycles. The van der Waals surface area contributed by atoms with Crippen molar-refractivity contribution in [2.45, 2.75) is 51.0 Å². The lowest BCUT2D eigenvalue weighted by molar-refractivity contribution is 0.0284. The Labute approximate surface area is 129 Å². The van der Waals surface area contributed by atoms with Crippen molar-refractivity contribution < 1.29 is 0 Å². The molecule has 1 unspecified atom stereocenters. The molecule has 0 radical (unpaired) electrons. The lowest BCUT2D eigenvalue weighted by Gasteiger charge is -2.54. The summed E-state index contributed by atoms with van der Waals surface area (Å²) in [7, 11) is 0. The van der Waals surface area contributed by atoms with Gasteiger partial charge < -0.3 is 0 Å². The summed E-state index contributed by atoms with van der Waals surface area (Å²) in [4.78, 5) is 2.82. The SMILES string of the molecule is C[C@H]1[C@H]2Cc3ccccc3C1(C)CCN2CC1CC1.Cl. The number of halogens is 1. The summed E-state index contributed by atoms with van der Waals surface area (Å²) >= 11 is 0. The van der Waals surface area contributed by atoms with Gasteiger partial charge in [0, 0.05) is 12.6 Å². The van der Waals surface area contributed by atoms with E-state index in [-0.39, 0.29) is 12.4 Å². The fourth-order valence-electron chi connectivity index (χ4n) is 4.54. The minimum Gasteiger partial charge on any atom is -0.299 e. The van der Waals surface area contributed by atoms with Crippen LogP contribution in [0.5, 0.6) is 0 Å². The van der Waals surface area contributed by atoms with E-state index in [0.29, 0.717) is 5.41 Å². The first-order valence-electron chi connectivity index (χ1n) is 8.01. The van der Waals surface area contributed by atoms with Gasteiger partial charge in [0.2, 0.25) is 0 Å². The smallest absolute Gasteiger partial charge is 0.0170 e. The van der Waals surface area contributed by atoms with Crippen molar-refractivity contribution in [1.29, 1.82) is 0 Å². The van der Waals surface area contributed by atoms with Crippen molar-refractivity contribution in [1.82, 2.24) is 4.90 Å². The van der Waals surface area contributed by atoms with Crippen LogP contribution in [-0.2, 0) is 11.8 Å². The molecule has 20 heavy (non-hydrogen) atoms. The topological polar surface area (TPSA) is 3.24 Å². The van der Waals surface area contributed by atoms with Crippen LogP contribution in [0.15, 0.2) is 24.3 Å². The molecule has 2 aliphatic carbocycles. The number of likely N-dealkylation sites (tertiary alicyclic amines) is 1. The molecular weight excluding hydrogens is 266 g/mol. The zero-order valence-electron chi connectivity index (χ0n) is 12.6. The highest BCUT2D eigenvalue weighted by atomic mass is 35.5. The van der Waals surface area contributed by atoms with Crippen LogP contribution in [-0.4, -0.2) is 24.0 Å². The molecule has 1 aromatic carbocycles. The van der Waals surface area contributed by atoms with E-state index >= 15 is 0 Å². The third-order valence-electron chi connectivity index (χ3n) is 6.22. The van der Waals surface area contributed by atoms with Crippen LogP contribution in [0.2, 0.25) is 0 Å². The van der Waals surface area contributed by atoms with E-state index in [1.54, 1.807) is 11.1 Å². The molecule has 3 atom stereocenters. The van der Waals surface area contributed by atoms with Crippen LogP contribution < -0.4 is 0 Å². The van der Waals surface area contributed by atoms with Gasteiger partial charge in [0.15, 0.2) is 0 Å². The molecule has 3 aliphatic rings. The van der Waals surface area contributed by atoms with Crippen LogP contribution in [0, 0.1) is 11.8 Å². The molecule has 0 spiro atoms. The maximum atomic E-state index is 2.82. The van der Waals surface area contributed by atoms with E-state index in [1.807, 2.05) is 0 Å². The third kappa shape index (κ3) is 2.10. The molecule has 110 valence electrons. The van der Waals surface area contributed by atoms with Gasteiger partial charge in [-0.05, 0) is 60.6 Å². The quantitative estimate of drug-likeness (QED) is 0.795. The summed E-state index contributed by atoms with van der Waals surface area (Å²) in [6.45, 7) is 7.69. The Morgan fingerprint density at radius 1 is 1.25 bits per heavy atom. The summed E-state index contributed by atoms with van der Waals surface area (Å²) in [5.41, 5.74) is 3.68. The number of benzene rings is 1. The monoisotopic (exact) mass is 291 g/mol. The summed E-state index contributed by atoms with van der Waals surface area (Å²) < 4.78 is 0. The van der Waals surface area contributed by atoms with Gasteiger partial charge in [0.05, 0.1) is 0 Å². The number of hydrogen-bond acceptors (Lipinski definition) is 1. The van der Waals surface area contributed by atoms with Gasteiger partial charge >= 0.3 is 0 Å². The number of rotatable bonds is 2. The second-order valence-corrected chi connectivity index (χ2v) is 7.32. The zero-order valence-corrected chi connectivity index (χ0v) is 13.5. The number of nitrogens with zero attached hydrogens (tertiary/aromatic N) is 1. The summed E-state index contributed by atoms with van der Waals surface area (Å²) in [5, 5.41) is 0. The first-order chi connectivity index (χ1) is 9.18. The molecule has 2 heteroatoms. The van der Waals surface area contributed by atoms with Gasteiger partial charge in [-0.3, -0.25) is 4.90 Å². The predicted molar refractivity (Wildman–Crippen MR) is 86.6 cm³/mol. The Bertz CT molecular complexity index is 496. The van der Waals surface area contributed by atoms with Crippen LogP contribution >= 0.6 is 12.4 Å². The second kappa shape index (κ2) is 5.03. The Balaban J connectivity index is 0.00000121. The van der Waals surface area contributed by atoms with E-state index in [2.05, 4.69) is 43.0 Å². The molecule has 0 aromatic heterocycles. The van der Waals surface area contributed by atoms with Crippen molar-refractivity contribution in [3.8, 4) is 0 Å². The Kier molecular flexibility index (Phi) is 3.63. The normalized spacial score (nSPS) is 36.1. The molecule has 2 bridgehead atoms. The Morgan fingerprint density at radius 3 is 2.75 bits per heavy atom. The highest BCUT2D eigenvalue weighted by Crippen LogP contribution is 2.49. The molecule has 1 aromatic rings. The van der Waals surface area contributed by atoms with Gasteiger partial charge in [-0.1, -0.05) is 38.1 Å². The fourth-order valence-corrected chi connectivity index (χ4v) is 4.54. The summed E-state index contributed by atoms with van der Waals surface area (Å²) in [6.07, 6.45) is 5.57. The van der Waals surface area contributed by atoms with Gasteiger partial charge in [-0.25, -0.2) is 0 Å². The average molecular weight is 292 g/mol. The van der Waals surface area contributed by atoms with Gasteiger partial charge in [0.25, 0.3) is 0 Å². The number of fused-ring (bicyclic) bond motifs is 4. The van der Waals surface area contributed by atoms with Gasteiger partial charge in [-0.15, -0.1) is 12.4 Å². The molecule has 1 saturated carbocycles. The molecule has 2 fully saturated rings. The fraction of sp³-hybridized carbons (Fsp3) is 0.667. The van der Waals surface area contributed by atoms with Crippen LogP contribution in [0.4, 0.5) is 0 Å². The Hall–Kier alpha value is -0.530. The van der Waals surface area contributed by atoms with Crippen molar-refractivity contribution in [2.24, 2.45) is 11.8 Å². The molecule has 1 aliphatic heterocycles. The second-order valence-electron chi connectivity index (χ2n) is 7.32. The largest absolute Gasteiger partial charge is 0.299 e. The van der Waals surface area contributed by atoms with Crippen LogP contribution in [0.25, 0.3) is 0 Å². The van der Waals surface area contributed by atoms with E-state index < -0.39 is 0 Å². The average Bonchev–Trinajstić information content (AvgIpc) is 3.21. The van der Waals surface area contributed by atoms with Crippen molar-refractivity contribution in [3.63, 3.8) is 0 Å². The van der Waals surface area contributed by atoms with Crippen molar-refractivity contribution >= 4 is 12.4 Å².